The van der Waals surface area contributed by atoms with Gasteiger partial charge in [0, 0.05) is 23.0 Å². The van der Waals surface area contributed by atoms with E-state index in [-0.39, 0.29) is 5.91 Å². The number of hydrogen-bond donors (Lipinski definition) is 1. The van der Waals surface area contributed by atoms with Crippen LogP contribution >= 0.6 is 0 Å². The van der Waals surface area contributed by atoms with Crippen LogP contribution in [0.5, 0.6) is 11.6 Å². The standard InChI is InChI=1S/C25H25N5O2/c1-5-19-6-8-20(9-7-19)25(31)26-21-10-12-22(13-11-21)32-24-15-14-23(27-28-24)30-18(4)16(2)17(3)29-30/h6-15H,5H2,1-4H3,(H,26,31). The van der Waals surface area contributed by atoms with Gasteiger partial charge in [-0.05, 0) is 80.8 Å². The van der Waals surface area contributed by atoms with E-state index < -0.39 is 0 Å². The fraction of sp³-hybridized carbons (Fsp3) is 0.200. The second-order valence-electron chi connectivity index (χ2n) is 7.57. The minimum Gasteiger partial charge on any atom is -0.438 e. The average molecular weight is 428 g/mol. The van der Waals surface area contributed by atoms with Gasteiger partial charge in [0.15, 0.2) is 5.82 Å². The van der Waals surface area contributed by atoms with Gasteiger partial charge in [0.1, 0.15) is 5.75 Å². The fourth-order valence-electron chi connectivity index (χ4n) is 3.25. The van der Waals surface area contributed by atoms with E-state index in [2.05, 4.69) is 27.5 Å². The molecule has 162 valence electrons. The summed E-state index contributed by atoms with van der Waals surface area (Å²) in [5.41, 5.74) is 5.64. The van der Waals surface area contributed by atoms with Gasteiger partial charge >= 0.3 is 0 Å². The van der Waals surface area contributed by atoms with E-state index in [4.69, 9.17) is 4.74 Å². The quantitative estimate of drug-likeness (QED) is 0.458. The summed E-state index contributed by atoms with van der Waals surface area (Å²) in [6.07, 6.45) is 0.943. The van der Waals surface area contributed by atoms with E-state index in [0.717, 1.165) is 23.4 Å². The van der Waals surface area contributed by atoms with Crippen molar-refractivity contribution in [1.82, 2.24) is 20.0 Å². The molecule has 0 bridgehead atoms. The van der Waals surface area contributed by atoms with Crippen molar-refractivity contribution in [3.63, 3.8) is 0 Å². The van der Waals surface area contributed by atoms with Gasteiger partial charge in [-0.1, -0.05) is 19.1 Å². The Hall–Kier alpha value is -4.00. The average Bonchev–Trinajstić information content (AvgIpc) is 3.08. The van der Waals surface area contributed by atoms with Crippen molar-refractivity contribution in [2.75, 3.05) is 5.32 Å². The molecule has 0 saturated carbocycles. The van der Waals surface area contributed by atoms with E-state index >= 15 is 0 Å². The molecule has 2 heterocycles. The number of benzene rings is 2. The van der Waals surface area contributed by atoms with Crippen molar-refractivity contribution in [2.24, 2.45) is 0 Å². The monoisotopic (exact) mass is 427 g/mol. The molecule has 0 spiro atoms. The molecule has 0 aliphatic carbocycles. The molecule has 0 saturated heterocycles. The molecule has 2 aromatic heterocycles. The number of rotatable bonds is 6. The summed E-state index contributed by atoms with van der Waals surface area (Å²) < 4.78 is 7.56. The Morgan fingerprint density at radius 2 is 1.66 bits per heavy atom. The molecule has 2 aromatic carbocycles. The Bertz CT molecular complexity index is 1230. The number of aryl methyl sites for hydroxylation is 2. The van der Waals surface area contributed by atoms with Crippen LogP contribution in [0.4, 0.5) is 5.69 Å². The van der Waals surface area contributed by atoms with Crippen LogP contribution < -0.4 is 10.1 Å². The molecule has 4 aromatic rings. The molecule has 7 heteroatoms. The van der Waals surface area contributed by atoms with Crippen molar-refractivity contribution in [3.8, 4) is 17.4 Å². The maximum absolute atomic E-state index is 12.4. The number of anilines is 1. The molecule has 0 aliphatic heterocycles. The highest BCUT2D eigenvalue weighted by Crippen LogP contribution is 2.22. The van der Waals surface area contributed by atoms with Crippen LogP contribution in [0.15, 0.2) is 60.7 Å². The second-order valence-corrected chi connectivity index (χ2v) is 7.57. The number of amides is 1. The molecular formula is C25H25N5O2. The van der Waals surface area contributed by atoms with E-state index in [1.807, 2.05) is 51.1 Å². The van der Waals surface area contributed by atoms with Gasteiger partial charge in [0.25, 0.3) is 5.91 Å². The molecule has 32 heavy (non-hydrogen) atoms. The van der Waals surface area contributed by atoms with Crippen LogP contribution in [0.2, 0.25) is 0 Å². The molecule has 1 amide bonds. The molecule has 0 atom stereocenters. The summed E-state index contributed by atoms with van der Waals surface area (Å²) >= 11 is 0. The number of carbonyl (C=O) groups excluding carboxylic acids is 1. The number of nitrogens with zero attached hydrogens (tertiary/aromatic N) is 4. The topological polar surface area (TPSA) is 81.9 Å². The Kier molecular flexibility index (Phi) is 5.98. The van der Waals surface area contributed by atoms with Crippen molar-refractivity contribution in [1.29, 1.82) is 0 Å². The highest BCUT2D eigenvalue weighted by Gasteiger charge is 2.11. The summed E-state index contributed by atoms with van der Waals surface area (Å²) in [4.78, 5) is 12.4. The highest BCUT2D eigenvalue weighted by atomic mass is 16.5. The van der Waals surface area contributed by atoms with Crippen LogP contribution in [0.3, 0.4) is 0 Å². The molecule has 4 rings (SSSR count). The van der Waals surface area contributed by atoms with Gasteiger partial charge in [-0.3, -0.25) is 4.79 Å². The molecule has 0 radical (unpaired) electrons. The third-order valence-corrected chi connectivity index (χ3v) is 5.46. The first-order chi connectivity index (χ1) is 15.4. The minimum absolute atomic E-state index is 0.151. The van der Waals surface area contributed by atoms with E-state index in [1.54, 1.807) is 35.0 Å². The van der Waals surface area contributed by atoms with E-state index in [9.17, 15) is 4.79 Å². The Morgan fingerprint density at radius 3 is 2.22 bits per heavy atom. The van der Waals surface area contributed by atoms with Gasteiger partial charge in [0.05, 0.1) is 5.69 Å². The van der Waals surface area contributed by atoms with Gasteiger partial charge in [0.2, 0.25) is 5.88 Å². The number of hydrogen-bond acceptors (Lipinski definition) is 5. The summed E-state index contributed by atoms with van der Waals surface area (Å²) in [7, 11) is 0. The van der Waals surface area contributed by atoms with E-state index in [1.165, 1.54) is 5.56 Å². The smallest absolute Gasteiger partial charge is 0.255 e. The lowest BCUT2D eigenvalue weighted by Gasteiger charge is -2.08. The lowest BCUT2D eigenvalue weighted by atomic mass is 10.1. The summed E-state index contributed by atoms with van der Waals surface area (Å²) in [6.45, 7) is 8.09. The Balaban J connectivity index is 1.40. The van der Waals surface area contributed by atoms with E-state index in [0.29, 0.717) is 28.7 Å². The third kappa shape index (κ3) is 4.51. The summed E-state index contributed by atoms with van der Waals surface area (Å²) in [6, 6.07) is 18.3. The first kappa shape index (κ1) is 21.2. The number of ether oxygens (including phenoxy) is 1. The first-order valence-corrected chi connectivity index (χ1v) is 10.5. The largest absolute Gasteiger partial charge is 0.438 e. The zero-order valence-electron chi connectivity index (χ0n) is 18.6. The van der Waals surface area contributed by atoms with Gasteiger partial charge in [-0.2, -0.15) is 5.10 Å². The summed E-state index contributed by atoms with van der Waals surface area (Å²) in [5.74, 6) is 1.46. The van der Waals surface area contributed by atoms with Crippen molar-refractivity contribution < 1.29 is 9.53 Å². The number of aromatic nitrogens is 4. The third-order valence-electron chi connectivity index (χ3n) is 5.46. The maximum Gasteiger partial charge on any atom is 0.255 e. The van der Waals surface area contributed by atoms with Crippen LogP contribution in [0.25, 0.3) is 5.82 Å². The Labute approximate surface area is 187 Å². The van der Waals surface area contributed by atoms with Gasteiger partial charge in [-0.25, -0.2) is 4.68 Å². The predicted octanol–water partition coefficient (Wildman–Crippen LogP) is 5.19. The van der Waals surface area contributed by atoms with Gasteiger partial charge in [-0.15, -0.1) is 10.2 Å². The van der Waals surface area contributed by atoms with Crippen LogP contribution in [-0.2, 0) is 6.42 Å². The van der Waals surface area contributed by atoms with Crippen LogP contribution in [0, 0.1) is 20.8 Å². The zero-order valence-corrected chi connectivity index (χ0v) is 18.6. The molecule has 1 N–H and O–H groups in total. The Morgan fingerprint density at radius 1 is 0.938 bits per heavy atom. The van der Waals surface area contributed by atoms with Gasteiger partial charge < -0.3 is 10.1 Å². The molecule has 7 nitrogen and oxygen atoms in total. The first-order valence-electron chi connectivity index (χ1n) is 10.5. The summed E-state index contributed by atoms with van der Waals surface area (Å²) in [5, 5.41) is 15.8. The molecule has 0 unspecified atom stereocenters. The minimum atomic E-state index is -0.151. The molecular weight excluding hydrogens is 402 g/mol. The van der Waals surface area contributed by atoms with Crippen LogP contribution in [-0.4, -0.2) is 25.9 Å². The number of carbonyl (C=O) groups is 1. The lowest BCUT2D eigenvalue weighted by Crippen LogP contribution is -2.11. The number of nitrogens with one attached hydrogen (secondary N) is 1. The van der Waals surface area contributed by atoms with Crippen molar-refractivity contribution in [3.05, 3.63) is 88.7 Å². The van der Waals surface area contributed by atoms with Crippen molar-refractivity contribution in [2.45, 2.75) is 34.1 Å². The normalized spacial score (nSPS) is 10.8. The second kappa shape index (κ2) is 9.01. The zero-order chi connectivity index (χ0) is 22.7. The fourth-order valence-corrected chi connectivity index (χ4v) is 3.25. The SMILES string of the molecule is CCc1ccc(C(=O)Nc2ccc(Oc3ccc(-n4nc(C)c(C)c4C)nn3)cc2)cc1. The molecule has 0 aliphatic rings. The predicted molar refractivity (Wildman–Crippen MR) is 124 cm³/mol. The highest BCUT2D eigenvalue weighted by molar-refractivity contribution is 6.04. The van der Waals surface area contributed by atoms with Crippen LogP contribution in [0.1, 0.15) is 39.8 Å². The van der Waals surface area contributed by atoms with Crippen molar-refractivity contribution >= 4 is 11.6 Å². The lowest BCUT2D eigenvalue weighted by molar-refractivity contribution is 0.102. The maximum atomic E-state index is 12.4. The molecule has 0 fully saturated rings.